The zero-order valence-corrected chi connectivity index (χ0v) is 49.0. The second kappa shape index (κ2) is 31.2. The SMILES string of the molecule is CCC1CC(=O)N(CCCCCC(=O)N(C)c2ccc(CCN(C)[C@H](C(=O)N[C@H](C(=O)N(C)[C@@H]([C@@H](C)CC)[C@@H](CC(=O)N3CCC[C@H]3[C@H](OC)[C@@H](C)C(=O)N[C@@H](Cc3ccccc3)C(=O)O)OC)C(C)C)C(C)C)cc2)C1=O. The number of ether oxygens (including phenoxy) is 2. The van der Waals surface area contributed by atoms with Crippen molar-refractivity contribution in [3.05, 3.63) is 65.7 Å². The highest BCUT2D eigenvalue weighted by atomic mass is 16.5. The molecular formula is C60H93N7O11. The van der Waals surface area contributed by atoms with Gasteiger partial charge in [0.15, 0.2) is 0 Å². The summed E-state index contributed by atoms with van der Waals surface area (Å²) in [6, 6.07) is 13.3. The van der Waals surface area contributed by atoms with Crippen LogP contribution in [0.1, 0.15) is 131 Å². The molecule has 434 valence electrons. The van der Waals surface area contributed by atoms with Crippen LogP contribution in [0.25, 0.3) is 0 Å². The molecule has 0 radical (unpaired) electrons. The summed E-state index contributed by atoms with van der Waals surface area (Å²) in [5.74, 6) is -4.10. The van der Waals surface area contributed by atoms with Gasteiger partial charge in [0.1, 0.15) is 12.1 Å². The van der Waals surface area contributed by atoms with Gasteiger partial charge in [0.05, 0.1) is 42.7 Å². The number of nitrogens with one attached hydrogen (secondary N) is 2. The molecule has 2 aliphatic heterocycles. The normalized spacial score (nSPS) is 18.8. The number of carboxylic acid groups (broad SMARTS) is 1. The lowest BCUT2D eigenvalue weighted by atomic mass is 9.89. The maximum absolute atomic E-state index is 14.7. The van der Waals surface area contributed by atoms with Crippen LogP contribution < -0.4 is 15.5 Å². The molecule has 18 heteroatoms. The zero-order chi connectivity index (χ0) is 58.0. The second-order valence-electron chi connectivity index (χ2n) is 22.5. The maximum Gasteiger partial charge on any atom is 0.326 e. The summed E-state index contributed by atoms with van der Waals surface area (Å²) in [7, 11) is 8.39. The van der Waals surface area contributed by atoms with E-state index in [1.807, 2.05) is 115 Å². The Labute approximate surface area is 464 Å². The van der Waals surface area contributed by atoms with Crippen molar-refractivity contribution in [2.75, 3.05) is 59.9 Å². The number of nitrogens with zero attached hydrogens (tertiary/aromatic N) is 5. The Hall–Kier alpha value is -5.72. The van der Waals surface area contributed by atoms with Crippen LogP contribution in [-0.4, -0.2) is 169 Å². The van der Waals surface area contributed by atoms with Crippen LogP contribution >= 0.6 is 0 Å². The Morgan fingerprint density at radius 3 is 2.04 bits per heavy atom. The first-order valence-electron chi connectivity index (χ1n) is 28.4. The molecule has 18 nitrogen and oxygen atoms in total. The van der Waals surface area contributed by atoms with Crippen LogP contribution in [0.3, 0.4) is 0 Å². The number of likely N-dealkylation sites (N-methyl/N-ethyl adjacent to an activating group) is 2. The van der Waals surface area contributed by atoms with E-state index in [-0.39, 0.29) is 72.0 Å². The Balaban J connectivity index is 1.36. The number of anilines is 1. The smallest absolute Gasteiger partial charge is 0.326 e. The topological polar surface area (TPSA) is 216 Å². The lowest BCUT2D eigenvalue weighted by molar-refractivity contribution is -0.148. The van der Waals surface area contributed by atoms with Crippen molar-refractivity contribution in [1.29, 1.82) is 0 Å². The van der Waals surface area contributed by atoms with E-state index in [1.54, 1.807) is 35.7 Å². The number of amides is 7. The van der Waals surface area contributed by atoms with E-state index in [2.05, 4.69) is 10.6 Å². The van der Waals surface area contributed by atoms with Crippen LogP contribution in [0.2, 0.25) is 0 Å². The Morgan fingerprint density at radius 1 is 0.808 bits per heavy atom. The van der Waals surface area contributed by atoms with Gasteiger partial charge in [-0.1, -0.05) is 111 Å². The van der Waals surface area contributed by atoms with Gasteiger partial charge in [-0.15, -0.1) is 0 Å². The first kappa shape index (κ1) is 64.8. The summed E-state index contributed by atoms with van der Waals surface area (Å²) in [6.45, 7) is 16.8. The fraction of sp³-hybridized carbons (Fsp3) is 0.667. The highest BCUT2D eigenvalue weighted by Gasteiger charge is 2.44. The molecule has 78 heavy (non-hydrogen) atoms. The van der Waals surface area contributed by atoms with Crippen molar-refractivity contribution >= 4 is 53.0 Å². The average molecular weight is 1090 g/mol. The molecule has 0 aliphatic carbocycles. The maximum atomic E-state index is 14.7. The van der Waals surface area contributed by atoms with Crippen molar-refractivity contribution in [2.45, 2.75) is 175 Å². The number of carbonyl (C=O) groups is 8. The second-order valence-corrected chi connectivity index (χ2v) is 22.5. The van der Waals surface area contributed by atoms with Crippen LogP contribution in [0.15, 0.2) is 54.6 Å². The van der Waals surface area contributed by atoms with Gasteiger partial charge in [0, 0.05) is 78.8 Å². The number of methoxy groups -OCH3 is 2. The molecule has 2 aromatic rings. The van der Waals surface area contributed by atoms with Crippen LogP contribution in [-0.2, 0) is 60.7 Å². The lowest BCUT2D eigenvalue weighted by Crippen LogP contribution is -2.60. The van der Waals surface area contributed by atoms with E-state index in [4.69, 9.17) is 9.47 Å². The van der Waals surface area contributed by atoms with E-state index >= 15 is 0 Å². The number of unbranched alkanes of at least 4 members (excludes halogenated alkanes) is 2. The fourth-order valence-electron chi connectivity index (χ4n) is 11.3. The standard InChI is InChI=1S/C60H93N7O11/c1-14-40(7)54(48(77-12)37-51(70)66-33-22-25-47(66)55(78-13)41(8)56(71)61-46(60(75)76)35-43-23-18-16-19-24-43)65(11)59(74)52(38(3)4)62-57(72)53(39(5)6)63(9)34-31-42-27-29-45(30-28-42)64(10)49(68)26-20-17-21-32-67-50(69)36-44(15-2)58(67)73/h16,18-19,23-24,27-30,38-41,44,46-48,52-55H,14-15,17,20-22,25-26,31-37H2,1-13H3,(H,61,71)(H,62,72)(H,75,76)/t40-,41+,44?,46-,47-,48+,52-,53-,54-,55+/m0/s1. The van der Waals surface area contributed by atoms with Gasteiger partial charge >= 0.3 is 5.97 Å². The average Bonchev–Trinajstić information content (AvgIpc) is 4.01. The number of rotatable bonds is 32. The quantitative estimate of drug-likeness (QED) is 0.0539. The number of hydrogen-bond donors (Lipinski definition) is 3. The third-order valence-electron chi connectivity index (χ3n) is 16.3. The van der Waals surface area contributed by atoms with Gasteiger partial charge in [0.25, 0.3) is 0 Å². The van der Waals surface area contributed by atoms with E-state index < -0.39 is 60.2 Å². The number of carbonyl (C=O) groups excluding carboxylic acids is 7. The van der Waals surface area contributed by atoms with E-state index in [9.17, 15) is 43.5 Å². The monoisotopic (exact) mass is 1090 g/mol. The van der Waals surface area contributed by atoms with E-state index in [0.717, 1.165) is 23.2 Å². The molecule has 0 aromatic heterocycles. The predicted molar refractivity (Wildman–Crippen MR) is 301 cm³/mol. The zero-order valence-electron chi connectivity index (χ0n) is 49.0. The van der Waals surface area contributed by atoms with Gasteiger partial charge in [0.2, 0.25) is 41.4 Å². The number of carboxylic acids is 1. The predicted octanol–water partition coefficient (Wildman–Crippen LogP) is 6.37. The summed E-state index contributed by atoms with van der Waals surface area (Å²) >= 11 is 0. The van der Waals surface area contributed by atoms with Crippen molar-refractivity contribution < 1.29 is 52.9 Å². The molecule has 2 fully saturated rings. The first-order chi connectivity index (χ1) is 37.0. The third kappa shape index (κ3) is 17.4. The molecule has 2 heterocycles. The summed E-state index contributed by atoms with van der Waals surface area (Å²) in [4.78, 5) is 116. The lowest BCUT2D eigenvalue weighted by Gasteiger charge is -2.41. The number of likely N-dealkylation sites (tertiary alicyclic amines) is 2. The van der Waals surface area contributed by atoms with Gasteiger partial charge < -0.3 is 39.9 Å². The fourth-order valence-corrected chi connectivity index (χ4v) is 11.3. The van der Waals surface area contributed by atoms with Crippen molar-refractivity contribution in [3.63, 3.8) is 0 Å². The molecule has 0 saturated carbocycles. The van der Waals surface area contributed by atoms with Crippen LogP contribution in [0.4, 0.5) is 5.69 Å². The Morgan fingerprint density at radius 2 is 1.47 bits per heavy atom. The molecule has 7 amide bonds. The summed E-state index contributed by atoms with van der Waals surface area (Å²) in [6.07, 6.45) is 4.55. The summed E-state index contributed by atoms with van der Waals surface area (Å²) < 4.78 is 12.0. The van der Waals surface area contributed by atoms with Crippen molar-refractivity contribution in [2.24, 2.45) is 29.6 Å². The Bertz CT molecular complexity index is 2300. The van der Waals surface area contributed by atoms with Gasteiger partial charge in [-0.05, 0) is 86.6 Å². The molecule has 10 atom stereocenters. The highest BCUT2D eigenvalue weighted by molar-refractivity contribution is 6.03. The molecule has 0 bridgehead atoms. The minimum Gasteiger partial charge on any atom is -0.480 e. The van der Waals surface area contributed by atoms with Crippen LogP contribution in [0.5, 0.6) is 0 Å². The van der Waals surface area contributed by atoms with Gasteiger partial charge in [-0.2, -0.15) is 0 Å². The van der Waals surface area contributed by atoms with Gasteiger partial charge in [-0.25, -0.2) is 4.79 Å². The summed E-state index contributed by atoms with van der Waals surface area (Å²) in [5, 5.41) is 15.8. The van der Waals surface area contributed by atoms with Crippen LogP contribution in [0, 0.1) is 29.6 Å². The van der Waals surface area contributed by atoms with Gasteiger partial charge in [-0.3, -0.25) is 43.4 Å². The minimum atomic E-state index is -1.15. The van der Waals surface area contributed by atoms with E-state index in [1.165, 1.54) is 19.1 Å². The number of hydrogen-bond acceptors (Lipinski definition) is 11. The number of benzene rings is 2. The Kier molecular flexibility index (Phi) is 25.9. The minimum absolute atomic E-state index is 0.0184. The van der Waals surface area contributed by atoms with E-state index in [0.29, 0.717) is 77.4 Å². The molecule has 2 aromatic carbocycles. The third-order valence-corrected chi connectivity index (χ3v) is 16.3. The molecule has 4 rings (SSSR count). The number of aliphatic carboxylic acids is 1. The number of imide groups is 1. The first-order valence-corrected chi connectivity index (χ1v) is 28.4. The molecular weight excluding hydrogens is 995 g/mol. The molecule has 1 unspecified atom stereocenters. The molecule has 0 spiro atoms. The molecule has 3 N–H and O–H groups in total. The summed E-state index contributed by atoms with van der Waals surface area (Å²) in [5.41, 5.74) is 2.57. The largest absolute Gasteiger partial charge is 0.480 e. The highest BCUT2D eigenvalue weighted by Crippen LogP contribution is 2.30. The molecule has 2 aliphatic rings. The van der Waals surface area contributed by atoms with Crippen molar-refractivity contribution in [3.8, 4) is 0 Å². The molecule has 2 saturated heterocycles. The van der Waals surface area contributed by atoms with Crippen molar-refractivity contribution in [1.82, 2.24) is 30.2 Å².